The van der Waals surface area contributed by atoms with E-state index in [1.54, 1.807) is 36.8 Å². The van der Waals surface area contributed by atoms with Crippen molar-refractivity contribution in [2.24, 2.45) is 0 Å². The number of benzene rings is 3. The van der Waals surface area contributed by atoms with Crippen LogP contribution in [0.15, 0.2) is 79.8 Å². The van der Waals surface area contributed by atoms with Crippen molar-refractivity contribution in [1.82, 2.24) is 46.2 Å². The Morgan fingerprint density at radius 2 is 1.16 bits per heavy atom. The molecule has 0 radical (unpaired) electrons. The van der Waals surface area contributed by atoms with E-state index in [0.717, 1.165) is 33.8 Å². The normalized spacial score (nSPS) is 10.1. The molecule has 0 saturated heterocycles. The summed E-state index contributed by atoms with van der Waals surface area (Å²) in [7, 11) is 0. The van der Waals surface area contributed by atoms with Gasteiger partial charge in [-0.2, -0.15) is 30.9 Å². The molecule has 0 saturated carbocycles. The lowest BCUT2D eigenvalue weighted by Crippen LogP contribution is -1.93. The molecule has 6 rings (SSSR count). The number of hydrogen-bond donors (Lipinski definition) is 6. The predicted molar refractivity (Wildman–Crippen MR) is 168 cm³/mol. The fraction of sp³-hybridized carbons (Fsp3) is 0.0714. The highest BCUT2D eigenvalue weighted by atomic mass is 35.5. The number of nitrogens with zero attached hydrogens (tertiary/aromatic N) is 6. The number of rotatable bonds is 7. The van der Waals surface area contributed by atoms with Gasteiger partial charge in [0.15, 0.2) is 17.5 Å². The molecule has 43 heavy (non-hydrogen) atoms. The lowest BCUT2D eigenvalue weighted by atomic mass is 10.2. The van der Waals surface area contributed by atoms with Crippen LogP contribution in [0.5, 0.6) is 0 Å². The molecule has 0 aliphatic carbocycles. The first-order valence-corrected chi connectivity index (χ1v) is 13.4. The number of aryl methyl sites for hydroxylation is 2. The van der Waals surface area contributed by atoms with E-state index < -0.39 is 0 Å². The number of aromatic nitrogens is 9. The van der Waals surface area contributed by atoms with Crippen LogP contribution in [0.3, 0.4) is 0 Å². The Morgan fingerprint density at radius 3 is 1.70 bits per heavy atom. The fourth-order valence-corrected chi connectivity index (χ4v) is 3.86. The smallest absolute Gasteiger partial charge is 0.172 e. The molecule has 0 amide bonds. The van der Waals surface area contributed by atoms with Crippen LogP contribution >= 0.6 is 23.2 Å². The lowest BCUT2D eigenvalue weighted by Gasteiger charge is -2.06. The van der Waals surface area contributed by atoms with Gasteiger partial charge in [0.05, 0.1) is 18.6 Å². The van der Waals surface area contributed by atoms with Crippen molar-refractivity contribution < 1.29 is 4.39 Å². The third-order valence-electron chi connectivity index (χ3n) is 5.65. The number of aromatic amines is 3. The van der Waals surface area contributed by atoms with E-state index in [-0.39, 0.29) is 5.82 Å². The molecule has 6 N–H and O–H groups in total. The summed E-state index contributed by atoms with van der Waals surface area (Å²) in [6.45, 7) is 7.54. The van der Waals surface area contributed by atoms with Crippen molar-refractivity contribution in [3.8, 4) is 0 Å². The van der Waals surface area contributed by atoms with Gasteiger partial charge in [-0.3, -0.25) is 0 Å². The number of H-pyrrole nitrogens is 3. The molecule has 0 atom stereocenters. The van der Waals surface area contributed by atoms with E-state index in [0.29, 0.717) is 27.5 Å². The van der Waals surface area contributed by atoms with E-state index in [2.05, 4.69) is 68.8 Å². The average molecular weight is 622 g/mol. The summed E-state index contributed by atoms with van der Waals surface area (Å²) >= 11 is 11.7. The van der Waals surface area contributed by atoms with Crippen LogP contribution in [-0.4, -0.2) is 46.2 Å². The highest BCUT2D eigenvalue weighted by Crippen LogP contribution is 2.24. The molecule has 3 heterocycles. The molecule has 0 unspecified atom stereocenters. The third-order valence-corrected chi connectivity index (χ3v) is 6.13. The van der Waals surface area contributed by atoms with Crippen molar-refractivity contribution in [2.75, 3.05) is 16.0 Å². The molecule has 6 aromatic rings. The lowest BCUT2D eigenvalue weighted by molar-refractivity contribution is 0.627. The standard InChI is InChI=1S/C10H9ClN4.C9H9ClN4.C9H9FN4/c1-2-7-5-8(11)3-4-9(7)13-10-6-12-15-14-10;1-6-2-3-7(10)4-8(6)12-9-5-11-14-13-9;1-6-4-7(10)2-3-8(6)12-9-5-11-14-13-9/h2-6H,1H2,(H2,12,13,14,15);2*2-5H,1H3,(H2,11,12,13,14). The van der Waals surface area contributed by atoms with Crippen LogP contribution in [0.4, 0.5) is 38.9 Å². The van der Waals surface area contributed by atoms with Gasteiger partial charge in [-0.05, 0) is 79.1 Å². The van der Waals surface area contributed by atoms with Crippen molar-refractivity contribution in [3.63, 3.8) is 0 Å². The minimum atomic E-state index is -0.242. The van der Waals surface area contributed by atoms with Gasteiger partial charge >= 0.3 is 0 Å². The van der Waals surface area contributed by atoms with Crippen LogP contribution in [0.25, 0.3) is 6.08 Å². The maximum Gasteiger partial charge on any atom is 0.172 e. The molecule has 220 valence electrons. The monoisotopic (exact) mass is 620 g/mol. The van der Waals surface area contributed by atoms with E-state index >= 15 is 0 Å². The molecule has 0 spiro atoms. The van der Waals surface area contributed by atoms with Crippen LogP contribution in [0, 0.1) is 19.7 Å². The van der Waals surface area contributed by atoms with Gasteiger partial charge in [-0.1, -0.05) is 41.9 Å². The molecule has 0 aliphatic heterocycles. The van der Waals surface area contributed by atoms with Crippen LogP contribution in [0.1, 0.15) is 16.7 Å². The fourth-order valence-electron chi connectivity index (χ4n) is 3.51. The second-order valence-electron chi connectivity index (χ2n) is 8.79. The molecule has 3 aromatic carbocycles. The van der Waals surface area contributed by atoms with Gasteiger partial charge in [0.1, 0.15) is 5.82 Å². The zero-order valence-corrected chi connectivity index (χ0v) is 24.5. The van der Waals surface area contributed by atoms with Gasteiger partial charge in [0.25, 0.3) is 0 Å². The third kappa shape index (κ3) is 9.38. The highest BCUT2D eigenvalue weighted by molar-refractivity contribution is 6.31. The Labute approximate surface area is 256 Å². The second kappa shape index (κ2) is 15.1. The minimum Gasteiger partial charge on any atom is -0.337 e. The van der Waals surface area contributed by atoms with E-state index in [1.165, 1.54) is 12.1 Å². The van der Waals surface area contributed by atoms with Crippen LogP contribution in [0.2, 0.25) is 10.0 Å². The summed E-state index contributed by atoms with van der Waals surface area (Å²) < 4.78 is 12.8. The molecule has 0 bridgehead atoms. The summed E-state index contributed by atoms with van der Waals surface area (Å²) in [6, 6.07) is 15.7. The Morgan fingerprint density at radius 1 is 0.651 bits per heavy atom. The Hall–Kier alpha value is -5.27. The van der Waals surface area contributed by atoms with Crippen LogP contribution < -0.4 is 16.0 Å². The molecular formula is C28H27Cl2FN12. The summed E-state index contributed by atoms with van der Waals surface area (Å²) in [4.78, 5) is 0. The zero-order valence-electron chi connectivity index (χ0n) is 23.0. The molecule has 15 heteroatoms. The first kappa shape index (κ1) is 30.7. The molecule has 0 aliphatic rings. The topological polar surface area (TPSA) is 161 Å². The maximum absolute atomic E-state index is 12.8. The van der Waals surface area contributed by atoms with Gasteiger partial charge in [0.2, 0.25) is 0 Å². The van der Waals surface area contributed by atoms with Gasteiger partial charge in [0, 0.05) is 27.1 Å². The van der Waals surface area contributed by atoms with Gasteiger partial charge in [-0.25, -0.2) is 4.39 Å². The van der Waals surface area contributed by atoms with Crippen molar-refractivity contribution in [1.29, 1.82) is 0 Å². The zero-order chi connectivity index (χ0) is 30.6. The van der Waals surface area contributed by atoms with Crippen molar-refractivity contribution in [2.45, 2.75) is 13.8 Å². The van der Waals surface area contributed by atoms with E-state index in [9.17, 15) is 4.39 Å². The molecule has 3 aromatic heterocycles. The average Bonchev–Trinajstić information content (AvgIpc) is 3.79. The SMILES string of the molecule is C=Cc1cc(Cl)ccc1Nc1cn[nH]n1.Cc1cc(F)ccc1Nc1cn[nH]n1.Cc1ccc(Cl)cc1Nc1cn[nH]n1. The first-order chi connectivity index (χ1) is 20.8. The Bertz CT molecular complexity index is 1720. The minimum absolute atomic E-state index is 0.242. The van der Waals surface area contributed by atoms with E-state index in [4.69, 9.17) is 23.2 Å². The maximum atomic E-state index is 12.8. The largest absolute Gasteiger partial charge is 0.337 e. The Kier molecular flexibility index (Phi) is 10.8. The summed E-state index contributed by atoms with van der Waals surface area (Å²) in [5, 5.41) is 40.8. The molecular weight excluding hydrogens is 594 g/mol. The molecule has 12 nitrogen and oxygen atoms in total. The summed E-state index contributed by atoms with van der Waals surface area (Å²) in [6.07, 6.45) is 6.50. The molecule has 0 fully saturated rings. The van der Waals surface area contributed by atoms with Crippen LogP contribution in [-0.2, 0) is 0 Å². The number of nitrogens with one attached hydrogen (secondary N) is 6. The van der Waals surface area contributed by atoms with Gasteiger partial charge in [-0.15, -0.1) is 15.3 Å². The highest BCUT2D eigenvalue weighted by Gasteiger charge is 2.04. The second-order valence-corrected chi connectivity index (χ2v) is 9.67. The van der Waals surface area contributed by atoms with Gasteiger partial charge < -0.3 is 16.0 Å². The number of halogens is 3. The number of anilines is 6. The summed E-state index contributed by atoms with van der Waals surface area (Å²) in [5.74, 6) is 1.70. The quantitative estimate of drug-likeness (QED) is 0.107. The Balaban J connectivity index is 0.000000148. The van der Waals surface area contributed by atoms with Crippen molar-refractivity contribution >= 4 is 63.8 Å². The van der Waals surface area contributed by atoms with E-state index in [1.807, 2.05) is 44.2 Å². The number of hydrogen-bond acceptors (Lipinski definition) is 9. The predicted octanol–water partition coefficient (Wildman–Crippen LogP) is 7.35. The summed E-state index contributed by atoms with van der Waals surface area (Å²) in [5.41, 5.74) is 5.51. The van der Waals surface area contributed by atoms with Crippen molar-refractivity contribution in [3.05, 3.63) is 112 Å². The first-order valence-electron chi connectivity index (χ1n) is 12.6.